The van der Waals surface area contributed by atoms with E-state index in [4.69, 9.17) is 14.2 Å². The Labute approximate surface area is 77.8 Å². The van der Waals surface area contributed by atoms with Crippen LogP contribution >= 0.6 is 0 Å². The molecule has 0 bridgehead atoms. The molecule has 2 aliphatic heterocycles. The summed E-state index contributed by atoms with van der Waals surface area (Å²) in [5.74, 6) is -0.584. The van der Waals surface area contributed by atoms with Crippen molar-refractivity contribution < 1.29 is 19.3 Å². The third kappa shape index (κ3) is 1.72. The highest BCUT2D eigenvalue weighted by atomic mass is 16.8. The summed E-state index contributed by atoms with van der Waals surface area (Å²) < 4.78 is 16.5. The first-order valence-corrected chi connectivity index (χ1v) is 4.67. The summed E-state index contributed by atoms with van der Waals surface area (Å²) >= 11 is 0. The molecule has 4 heteroatoms. The highest BCUT2D eigenvalue weighted by Gasteiger charge is 2.47. The SMILES string of the molecule is C[C@@H]1O[C@H]2OC(C)(C)O[C@H]2C[C@H]1O. The summed E-state index contributed by atoms with van der Waals surface area (Å²) in [4.78, 5) is 0. The van der Waals surface area contributed by atoms with Gasteiger partial charge in [0.2, 0.25) is 0 Å². The minimum absolute atomic E-state index is 0.124. The first-order chi connectivity index (χ1) is 5.98. The zero-order valence-corrected chi connectivity index (χ0v) is 8.19. The summed E-state index contributed by atoms with van der Waals surface area (Å²) in [7, 11) is 0. The topological polar surface area (TPSA) is 47.9 Å². The van der Waals surface area contributed by atoms with E-state index in [1.165, 1.54) is 0 Å². The van der Waals surface area contributed by atoms with Gasteiger partial charge >= 0.3 is 0 Å². The molecule has 4 nitrogen and oxygen atoms in total. The van der Waals surface area contributed by atoms with Gasteiger partial charge in [0.25, 0.3) is 0 Å². The normalized spacial score (nSPS) is 48.9. The second-order valence-electron chi connectivity index (χ2n) is 4.19. The van der Waals surface area contributed by atoms with Gasteiger partial charge in [-0.05, 0) is 20.8 Å². The summed E-state index contributed by atoms with van der Waals surface area (Å²) in [5, 5.41) is 9.53. The molecule has 2 aliphatic rings. The zero-order chi connectivity index (χ0) is 9.64. The highest BCUT2D eigenvalue weighted by Crippen LogP contribution is 2.35. The largest absolute Gasteiger partial charge is 0.390 e. The van der Waals surface area contributed by atoms with Crippen LogP contribution in [0.2, 0.25) is 0 Å². The smallest absolute Gasteiger partial charge is 0.187 e. The van der Waals surface area contributed by atoms with Gasteiger partial charge in [0, 0.05) is 6.42 Å². The van der Waals surface area contributed by atoms with Crippen LogP contribution in [-0.4, -0.2) is 35.5 Å². The third-order valence-corrected chi connectivity index (χ3v) is 2.50. The molecule has 2 heterocycles. The fourth-order valence-corrected chi connectivity index (χ4v) is 1.81. The maximum Gasteiger partial charge on any atom is 0.187 e. The molecule has 2 rings (SSSR count). The quantitative estimate of drug-likeness (QED) is 0.606. The van der Waals surface area contributed by atoms with Crippen LogP contribution in [0.5, 0.6) is 0 Å². The van der Waals surface area contributed by atoms with Gasteiger partial charge < -0.3 is 19.3 Å². The van der Waals surface area contributed by atoms with Crippen LogP contribution in [0, 0.1) is 0 Å². The average molecular weight is 188 g/mol. The number of fused-ring (bicyclic) bond motifs is 1. The number of aliphatic hydroxyl groups is 1. The van der Waals surface area contributed by atoms with Gasteiger partial charge in [-0.3, -0.25) is 0 Å². The molecule has 0 aliphatic carbocycles. The Balaban J connectivity index is 2.05. The van der Waals surface area contributed by atoms with Crippen LogP contribution in [0.15, 0.2) is 0 Å². The van der Waals surface area contributed by atoms with Crippen LogP contribution in [0.3, 0.4) is 0 Å². The van der Waals surface area contributed by atoms with Gasteiger partial charge in [-0.2, -0.15) is 0 Å². The van der Waals surface area contributed by atoms with Crippen molar-refractivity contribution in [3.63, 3.8) is 0 Å². The van der Waals surface area contributed by atoms with Crippen molar-refractivity contribution in [2.24, 2.45) is 0 Å². The van der Waals surface area contributed by atoms with Crippen molar-refractivity contribution in [1.82, 2.24) is 0 Å². The fourth-order valence-electron chi connectivity index (χ4n) is 1.81. The Morgan fingerprint density at radius 1 is 1.31 bits per heavy atom. The van der Waals surface area contributed by atoms with E-state index in [1.54, 1.807) is 0 Å². The van der Waals surface area contributed by atoms with Gasteiger partial charge in [0.05, 0.1) is 12.2 Å². The number of hydrogen-bond acceptors (Lipinski definition) is 4. The minimum Gasteiger partial charge on any atom is -0.390 e. The van der Waals surface area contributed by atoms with Crippen molar-refractivity contribution >= 4 is 0 Å². The molecule has 0 aromatic heterocycles. The molecule has 0 aromatic carbocycles. The molecular formula is C9H16O4. The maximum atomic E-state index is 9.53. The molecule has 1 N–H and O–H groups in total. The highest BCUT2D eigenvalue weighted by molar-refractivity contribution is 4.85. The average Bonchev–Trinajstić information content (AvgIpc) is 2.24. The number of rotatable bonds is 0. The van der Waals surface area contributed by atoms with E-state index < -0.39 is 11.9 Å². The van der Waals surface area contributed by atoms with Gasteiger partial charge in [-0.25, -0.2) is 0 Å². The predicted molar refractivity (Wildman–Crippen MR) is 45.0 cm³/mol. The molecule has 2 saturated heterocycles. The van der Waals surface area contributed by atoms with Crippen molar-refractivity contribution in [3.8, 4) is 0 Å². The lowest BCUT2D eigenvalue weighted by Crippen LogP contribution is -2.44. The Morgan fingerprint density at radius 3 is 2.69 bits per heavy atom. The van der Waals surface area contributed by atoms with Crippen LogP contribution in [-0.2, 0) is 14.2 Å². The van der Waals surface area contributed by atoms with Gasteiger partial charge in [0.1, 0.15) is 6.10 Å². The number of hydrogen-bond donors (Lipinski definition) is 1. The summed E-state index contributed by atoms with van der Waals surface area (Å²) in [6, 6.07) is 0. The number of ether oxygens (including phenoxy) is 3. The van der Waals surface area contributed by atoms with Gasteiger partial charge in [-0.1, -0.05) is 0 Å². The lowest BCUT2D eigenvalue weighted by atomic mass is 10.0. The minimum atomic E-state index is -0.584. The molecule has 0 unspecified atom stereocenters. The predicted octanol–water partition coefficient (Wildman–Crippen LogP) is 0.634. The standard InChI is InChI=1S/C9H16O4/c1-5-6(10)4-7-8(11-5)13-9(2,3)12-7/h5-8,10H,4H2,1-3H3/t5-,6+,7-,8-/m0/s1. The van der Waals surface area contributed by atoms with Crippen molar-refractivity contribution in [3.05, 3.63) is 0 Å². The Morgan fingerprint density at radius 2 is 2.00 bits per heavy atom. The van der Waals surface area contributed by atoms with Crippen LogP contribution in [0.25, 0.3) is 0 Å². The molecule has 13 heavy (non-hydrogen) atoms. The lowest BCUT2D eigenvalue weighted by Gasteiger charge is -2.31. The second kappa shape index (κ2) is 2.92. The van der Waals surface area contributed by atoms with Gasteiger partial charge in [0.15, 0.2) is 12.1 Å². The molecule has 0 saturated carbocycles. The van der Waals surface area contributed by atoms with Gasteiger partial charge in [-0.15, -0.1) is 0 Å². The molecule has 0 amide bonds. The van der Waals surface area contributed by atoms with E-state index in [1.807, 2.05) is 20.8 Å². The van der Waals surface area contributed by atoms with E-state index in [0.717, 1.165) is 0 Å². The van der Waals surface area contributed by atoms with E-state index in [0.29, 0.717) is 6.42 Å². The van der Waals surface area contributed by atoms with E-state index in [9.17, 15) is 5.11 Å². The third-order valence-electron chi connectivity index (χ3n) is 2.50. The van der Waals surface area contributed by atoms with E-state index >= 15 is 0 Å². The zero-order valence-electron chi connectivity index (χ0n) is 8.19. The Bertz CT molecular complexity index is 184. The molecular weight excluding hydrogens is 172 g/mol. The molecule has 0 radical (unpaired) electrons. The van der Waals surface area contributed by atoms with Crippen molar-refractivity contribution in [2.75, 3.05) is 0 Å². The molecule has 0 aromatic rings. The molecule has 76 valence electrons. The van der Waals surface area contributed by atoms with Crippen LogP contribution < -0.4 is 0 Å². The summed E-state index contributed by atoms with van der Waals surface area (Å²) in [5.41, 5.74) is 0. The fraction of sp³-hybridized carbons (Fsp3) is 1.00. The molecule has 2 fully saturated rings. The van der Waals surface area contributed by atoms with Crippen molar-refractivity contribution in [2.45, 2.75) is 57.6 Å². The van der Waals surface area contributed by atoms with Crippen LogP contribution in [0.4, 0.5) is 0 Å². The summed E-state index contributed by atoms with van der Waals surface area (Å²) in [6.07, 6.45) is -0.456. The lowest BCUT2D eigenvalue weighted by molar-refractivity contribution is -0.223. The van der Waals surface area contributed by atoms with E-state index in [-0.39, 0.29) is 18.5 Å². The van der Waals surface area contributed by atoms with E-state index in [2.05, 4.69) is 0 Å². The molecule has 0 spiro atoms. The Hall–Kier alpha value is -0.160. The molecule has 4 atom stereocenters. The maximum absolute atomic E-state index is 9.53. The summed E-state index contributed by atoms with van der Waals surface area (Å²) in [6.45, 7) is 5.55. The Kier molecular flexibility index (Phi) is 2.11. The van der Waals surface area contributed by atoms with Crippen molar-refractivity contribution in [1.29, 1.82) is 0 Å². The first-order valence-electron chi connectivity index (χ1n) is 4.67. The van der Waals surface area contributed by atoms with Crippen LogP contribution in [0.1, 0.15) is 27.2 Å². The first kappa shape index (κ1) is 9.40. The monoisotopic (exact) mass is 188 g/mol. The number of aliphatic hydroxyl groups excluding tert-OH is 1. The second-order valence-corrected chi connectivity index (χ2v) is 4.19.